The van der Waals surface area contributed by atoms with E-state index in [1.54, 1.807) is 0 Å². The predicted molar refractivity (Wildman–Crippen MR) is 261 cm³/mol. The minimum Gasteiger partial charge on any atom is -0.462 e. The highest BCUT2D eigenvalue weighted by molar-refractivity contribution is 5.71. The highest BCUT2D eigenvalue weighted by atomic mass is 16.6. The quantitative estimate of drug-likeness (QED) is 0.0344. The van der Waals surface area contributed by atoms with Crippen molar-refractivity contribution in [1.29, 1.82) is 0 Å². The fourth-order valence-corrected chi connectivity index (χ4v) is 8.29. The van der Waals surface area contributed by atoms with E-state index in [1.165, 1.54) is 180 Å². The number of rotatable bonds is 48. The molecule has 0 aromatic heterocycles. The molecular formula is C55H106O6. The maximum Gasteiger partial charge on any atom is 0.306 e. The van der Waals surface area contributed by atoms with Gasteiger partial charge in [-0.3, -0.25) is 14.4 Å². The number of carbonyl (C=O) groups excluding carboxylic acids is 3. The first-order chi connectivity index (χ1) is 29.6. The zero-order valence-electron chi connectivity index (χ0n) is 42.0. The summed E-state index contributed by atoms with van der Waals surface area (Å²) in [6.45, 7) is 13.7. The van der Waals surface area contributed by atoms with Gasteiger partial charge in [0, 0.05) is 19.3 Å². The second-order valence-corrected chi connectivity index (χ2v) is 20.3. The van der Waals surface area contributed by atoms with Gasteiger partial charge in [-0.15, -0.1) is 0 Å². The molecular weight excluding hydrogens is 757 g/mol. The van der Waals surface area contributed by atoms with Crippen molar-refractivity contribution in [3.63, 3.8) is 0 Å². The van der Waals surface area contributed by atoms with Crippen molar-refractivity contribution in [2.45, 2.75) is 304 Å². The molecule has 0 amide bonds. The van der Waals surface area contributed by atoms with Crippen LogP contribution in [-0.2, 0) is 28.6 Å². The van der Waals surface area contributed by atoms with E-state index in [4.69, 9.17) is 14.2 Å². The molecule has 0 bridgehead atoms. The molecule has 0 aliphatic rings. The molecule has 0 rings (SSSR count). The maximum atomic E-state index is 12.7. The SMILES string of the molecule is CC(C)CCCCCCCCCCCCCCCCCCC(=O)OC[C@H](COC(=O)CCCCCCCCCCCCCCC(C)C)OC(=O)CCCCCCCCC(C)C. The normalized spacial score (nSPS) is 12.1. The van der Waals surface area contributed by atoms with Gasteiger partial charge in [-0.2, -0.15) is 0 Å². The molecule has 6 heteroatoms. The lowest BCUT2D eigenvalue weighted by Gasteiger charge is -2.18. The average molecular weight is 863 g/mol. The third kappa shape index (κ3) is 49.3. The van der Waals surface area contributed by atoms with Crippen LogP contribution in [-0.4, -0.2) is 37.2 Å². The number of unbranched alkanes of at least 4 members (excludes halogenated alkanes) is 31. The van der Waals surface area contributed by atoms with E-state index >= 15 is 0 Å². The molecule has 362 valence electrons. The molecule has 0 fully saturated rings. The number of esters is 3. The van der Waals surface area contributed by atoms with Crippen molar-refractivity contribution < 1.29 is 28.6 Å². The fraction of sp³-hybridized carbons (Fsp3) is 0.945. The van der Waals surface area contributed by atoms with Crippen molar-refractivity contribution in [1.82, 2.24) is 0 Å². The van der Waals surface area contributed by atoms with Gasteiger partial charge in [0.2, 0.25) is 0 Å². The highest BCUT2D eigenvalue weighted by Gasteiger charge is 2.19. The Balaban J connectivity index is 4.20. The summed E-state index contributed by atoms with van der Waals surface area (Å²) in [6, 6.07) is 0. The van der Waals surface area contributed by atoms with Crippen LogP contribution in [0.25, 0.3) is 0 Å². The van der Waals surface area contributed by atoms with Crippen LogP contribution in [0, 0.1) is 17.8 Å². The average Bonchev–Trinajstić information content (AvgIpc) is 3.22. The van der Waals surface area contributed by atoms with Gasteiger partial charge < -0.3 is 14.2 Å². The number of carbonyl (C=O) groups is 3. The van der Waals surface area contributed by atoms with Gasteiger partial charge in [0.15, 0.2) is 6.10 Å². The number of ether oxygens (including phenoxy) is 3. The van der Waals surface area contributed by atoms with Crippen LogP contribution in [0.15, 0.2) is 0 Å². The van der Waals surface area contributed by atoms with Crippen molar-refractivity contribution in [3.8, 4) is 0 Å². The van der Waals surface area contributed by atoms with Crippen LogP contribution in [0.3, 0.4) is 0 Å². The molecule has 0 saturated carbocycles. The Hall–Kier alpha value is -1.59. The van der Waals surface area contributed by atoms with Gasteiger partial charge in [-0.05, 0) is 37.0 Å². The molecule has 0 aromatic rings. The van der Waals surface area contributed by atoms with Crippen LogP contribution in [0.4, 0.5) is 0 Å². The van der Waals surface area contributed by atoms with Crippen molar-refractivity contribution in [2.75, 3.05) is 13.2 Å². The van der Waals surface area contributed by atoms with Crippen LogP contribution in [0.2, 0.25) is 0 Å². The topological polar surface area (TPSA) is 78.9 Å². The van der Waals surface area contributed by atoms with E-state index in [-0.39, 0.29) is 31.1 Å². The van der Waals surface area contributed by atoms with Crippen LogP contribution >= 0.6 is 0 Å². The fourth-order valence-electron chi connectivity index (χ4n) is 8.29. The summed E-state index contributed by atoms with van der Waals surface area (Å²) in [5, 5.41) is 0. The molecule has 1 atom stereocenters. The van der Waals surface area contributed by atoms with E-state index < -0.39 is 6.10 Å². The van der Waals surface area contributed by atoms with Gasteiger partial charge in [-0.25, -0.2) is 0 Å². The molecule has 6 nitrogen and oxygen atoms in total. The number of hydrogen-bond donors (Lipinski definition) is 0. The lowest BCUT2D eigenvalue weighted by molar-refractivity contribution is -0.167. The molecule has 0 aliphatic heterocycles. The Morgan fingerprint density at radius 2 is 0.475 bits per heavy atom. The second kappa shape index (κ2) is 46.4. The zero-order valence-corrected chi connectivity index (χ0v) is 42.0. The second-order valence-electron chi connectivity index (χ2n) is 20.3. The standard InChI is InChI=1S/C55H106O6/c1-49(2)41-35-29-23-19-15-11-9-7-8-10-12-17-21-25-32-38-44-53(56)59-47-52(61-55(58)46-40-34-28-27-31-37-43-51(5)6)48-60-54(57)45-39-33-26-22-18-14-13-16-20-24-30-36-42-50(3)4/h49-52H,7-48H2,1-6H3/t52-/m1/s1. The smallest absolute Gasteiger partial charge is 0.306 e. The molecule has 0 aliphatic carbocycles. The first kappa shape index (κ1) is 59.4. The van der Waals surface area contributed by atoms with Crippen LogP contribution < -0.4 is 0 Å². The highest BCUT2D eigenvalue weighted by Crippen LogP contribution is 2.18. The zero-order chi connectivity index (χ0) is 44.9. The molecule has 0 unspecified atom stereocenters. The van der Waals surface area contributed by atoms with E-state index in [0.29, 0.717) is 19.3 Å². The molecule has 0 radical (unpaired) electrons. The van der Waals surface area contributed by atoms with E-state index in [1.807, 2.05) is 0 Å². The Kier molecular flexibility index (Phi) is 45.2. The van der Waals surface area contributed by atoms with Gasteiger partial charge in [0.25, 0.3) is 0 Å². The van der Waals surface area contributed by atoms with Crippen LogP contribution in [0.5, 0.6) is 0 Å². The largest absolute Gasteiger partial charge is 0.462 e. The summed E-state index contributed by atoms with van der Waals surface area (Å²) in [5.74, 6) is 1.59. The third-order valence-electron chi connectivity index (χ3n) is 12.4. The molecule has 0 heterocycles. The first-order valence-electron chi connectivity index (χ1n) is 27.1. The van der Waals surface area contributed by atoms with E-state index in [9.17, 15) is 14.4 Å². The summed E-state index contributed by atoms with van der Waals surface area (Å²) in [7, 11) is 0. The number of hydrogen-bond acceptors (Lipinski definition) is 6. The summed E-state index contributed by atoms with van der Waals surface area (Å²) in [6.07, 6.45) is 46.8. The minimum absolute atomic E-state index is 0.0652. The van der Waals surface area contributed by atoms with Crippen molar-refractivity contribution >= 4 is 17.9 Å². The Morgan fingerprint density at radius 1 is 0.279 bits per heavy atom. The maximum absolute atomic E-state index is 12.7. The van der Waals surface area contributed by atoms with Crippen molar-refractivity contribution in [2.24, 2.45) is 17.8 Å². The lowest BCUT2D eigenvalue weighted by Crippen LogP contribution is -2.30. The van der Waals surface area contributed by atoms with Gasteiger partial charge in [0.05, 0.1) is 0 Å². The Labute approximate surface area is 380 Å². The van der Waals surface area contributed by atoms with Gasteiger partial charge in [-0.1, -0.05) is 260 Å². The summed E-state index contributed by atoms with van der Waals surface area (Å²) >= 11 is 0. The Morgan fingerprint density at radius 3 is 0.705 bits per heavy atom. The Bertz CT molecular complexity index is 945. The molecule has 0 N–H and O–H groups in total. The van der Waals surface area contributed by atoms with Gasteiger partial charge >= 0.3 is 17.9 Å². The molecule has 61 heavy (non-hydrogen) atoms. The van der Waals surface area contributed by atoms with Crippen molar-refractivity contribution in [3.05, 3.63) is 0 Å². The van der Waals surface area contributed by atoms with E-state index in [2.05, 4.69) is 41.5 Å². The summed E-state index contributed by atoms with van der Waals surface area (Å²) in [5.41, 5.74) is 0. The summed E-state index contributed by atoms with van der Waals surface area (Å²) in [4.78, 5) is 37.9. The lowest BCUT2D eigenvalue weighted by atomic mass is 10.0. The third-order valence-corrected chi connectivity index (χ3v) is 12.4. The predicted octanol–water partition coefficient (Wildman–Crippen LogP) is 17.6. The molecule has 0 aromatic carbocycles. The summed E-state index contributed by atoms with van der Waals surface area (Å²) < 4.78 is 16.8. The molecule has 0 saturated heterocycles. The monoisotopic (exact) mass is 863 g/mol. The van der Waals surface area contributed by atoms with E-state index in [0.717, 1.165) is 75.5 Å². The van der Waals surface area contributed by atoms with Gasteiger partial charge in [0.1, 0.15) is 13.2 Å². The molecule has 0 spiro atoms. The van der Waals surface area contributed by atoms with Crippen LogP contribution in [0.1, 0.15) is 298 Å². The minimum atomic E-state index is -0.763. The first-order valence-corrected chi connectivity index (χ1v) is 27.1.